The summed E-state index contributed by atoms with van der Waals surface area (Å²) in [7, 11) is 0. The molecule has 0 saturated carbocycles. The SMILES string of the molecule is N=NC=NN(Cl)Cl. The summed E-state index contributed by atoms with van der Waals surface area (Å²) in [6, 6.07) is 0. The van der Waals surface area contributed by atoms with Gasteiger partial charge in [-0.15, -0.1) is 14.3 Å². The van der Waals surface area contributed by atoms with E-state index >= 15 is 0 Å². The molecule has 1 N–H and O–H groups in total. The molecule has 0 aromatic heterocycles. The maximum Gasteiger partial charge on any atom is 0.160 e. The molecule has 4 nitrogen and oxygen atoms in total. The predicted octanol–water partition coefficient (Wildman–Crippen LogP) is 1.57. The van der Waals surface area contributed by atoms with Crippen LogP contribution in [0.4, 0.5) is 0 Å². The largest absolute Gasteiger partial charge is 0.203 e. The van der Waals surface area contributed by atoms with Gasteiger partial charge in [-0.2, -0.15) is 0 Å². The first-order chi connectivity index (χ1) is 3.27. The van der Waals surface area contributed by atoms with Gasteiger partial charge in [0.1, 0.15) is 0 Å². The topological polar surface area (TPSA) is 51.8 Å². The van der Waals surface area contributed by atoms with Crippen LogP contribution < -0.4 is 0 Å². The van der Waals surface area contributed by atoms with Crippen LogP contribution in [0.2, 0.25) is 0 Å². The van der Waals surface area contributed by atoms with Gasteiger partial charge in [0.2, 0.25) is 0 Å². The third kappa shape index (κ3) is 5.65. The molecular weight excluding hydrogens is 139 g/mol. The lowest BCUT2D eigenvalue weighted by Crippen LogP contribution is -1.80. The van der Waals surface area contributed by atoms with E-state index in [-0.39, 0.29) is 0 Å². The number of nitrogens with zero attached hydrogens (tertiary/aromatic N) is 3. The first-order valence-corrected chi connectivity index (χ1v) is 1.95. The number of rotatable bonds is 2. The van der Waals surface area contributed by atoms with Crippen LogP contribution in [0.5, 0.6) is 0 Å². The van der Waals surface area contributed by atoms with Crippen molar-refractivity contribution >= 4 is 29.9 Å². The van der Waals surface area contributed by atoms with Gasteiger partial charge in [-0.1, -0.05) is 0 Å². The van der Waals surface area contributed by atoms with Gasteiger partial charge in [-0.3, -0.25) is 0 Å². The van der Waals surface area contributed by atoms with Gasteiger partial charge in [-0.25, -0.2) is 5.53 Å². The van der Waals surface area contributed by atoms with Gasteiger partial charge in [0.15, 0.2) is 6.34 Å². The van der Waals surface area contributed by atoms with Crippen molar-refractivity contribution in [3.63, 3.8) is 0 Å². The Bertz CT molecular complexity index is 77.8. The minimum atomic E-state index is 0.512. The van der Waals surface area contributed by atoms with Crippen LogP contribution >= 0.6 is 23.6 Å². The molecule has 7 heavy (non-hydrogen) atoms. The highest BCUT2D eigenvalue weighted by Crippen LogP contribution is 1.96. The van der Waals surface area contributed by atoms with Crippen molar-refractivity contribution < 1.29 is 0 Å². The first-order valence-electron chi connectivity index (χ1n) is 1.28. The van der Waals surface area contributed by atoms with Crippen LogP contribution in [0.15, 0.2) is 10.2 Å². The smallest absolute Gasteiger partial charge is 0.160 e. The van der Waals surface area contributed by atoms with Crippen molar-refractivity contribution in [2.45, 2.75) is 0 Å². The van der Waals surface area contributed by atoms with Crippen LogP contribution in [0, 0.1) is 5.53 Å². The van der Waals surface area contributed by atoms with Gasteiger partial charge in [0.05, 0.1) is 23.6 Å². The zero-order valence-corrected chi connectivity index (χ0v) is 4.69. The summed E-state index contributed by atoms with van der Waals surface area (Å²) in [6.45, 7) is 0. The number of halogens is 2. The first kappa shape index (κ1) is 6.65. The molecule has 0 heterocycles. The zero-order valence-electron chi connectivity index (χ0n) is 3.17. The van der Waals surface area contributed by atoms with Gasteiger partial charge >= 0.3 is 0 Å². The zero-order chi connectivity index (χ0) is 5.70. The van der Waals surface area contributed by atoms with E-state index in [0.29, 0.717) is 4.05 Å². The van der Waals surface area contributed by atoms with Crippen molar-refractivity contribution in [2.75, 3.05) is 0 Å². The number of hydrogen-bond donors (Lipinski definition) is 1. The monoisotopic (exact) mass is 140 g/mol. The average molecular weight is 141 g/mol. The molecule has 0 aromatic rings. The molecule has 40 valence electrons. The van der Waals surface area contributed by atoms with E-state index in [0.717, 1.165) is 6.34 Å². The Morgan fingerprint density at radius 2 is 2.14 bits per heavy atom. The van der Waals surface area contributed by atoms with Crippen LogP contribution in [-0.2, 0) is 0 Å². The standard InChI is InChI=1S/CH2Cl2N4/c2-7(3)6-1-5-4/h1,4H. The maximum atomic E-state index is 6.13. The second-order valence-corrected chi connectivity index (χ2v) is 1.39. The Morgan fingerprint density at radius 3 is 2.29 bits per heavy atom. The molecule has 0 aliphatic rings. The van der Waals surface area contributed by atoms with E-state index < -0.39 is 0 Å². The van der Waals surface area contributed by atoms with E-state index in [1.807, 2.05) is 0 Å². The van der Waals surface area contributed by atoms with Crippen molar-refractivity contribution in [1.29, 1.82) is 5.53 Å². The number of hydrazone groups is 1. The van der Waals surface area contributed by atoms with Gasteiger partial charge in [0.25, 0.3) is 0 Å². The Labute approximate surface area is 50.4 Å². The molecule has 0 amide bonds. The number of nitrogens with one attached hydrogen (secondary N) is 1. The van der Waals surface area contributed by atoms with Crippen molar-refractivity contribution in [3.05, 3.63) is 0 Å². The van der Waals surface area contributed by atoms with Crippen LogP contribution in [0.3, 0.4) is 0 Å². The minimum Gasteiger partial charge on any atom is -0.203 e. The highest BCUT2D eigenvalue weighted by molar-refractivity contribution is 6.33. The molecule has 0 radical (unpaired) electrons. The Kier molecular flexibility index (Phi) is 3.64. The van der Waals surface area contributed by atoms with E-state index in [1.165, 1.54) is 0 Å². The summed E-state index contributed by atoms with van der Waals surface area (Å²) < 4.78 is 0.512. The Balaban J connectivity index is 3.25. The third-order valence-corrected chi connectivity index (χ3v) is 0.371. The summed E-state index contributed by atoms with van der Waals surface area (Å²) in [5.74, 6) is 0. The molecule has 0 aliphatic heterocycles. The van der Waals surface area contributed by atoms with Gasteiger partial charge < -0.3 is 0 Å². The fourth-order valence-corrected chi connectivity index (χ4v) is 0.143. The molecule has 0 saturated heterocycles. The number of hydrogen-bond acceptors (Lipinski definition) is 3. The summed E-state index contributed by atoms with van der Waals surface area (Å²) in [6.07, 6.45) is 0.903. The van der Waals surface area contributed by atoms with Crippen molar-refractivity contribution in [3.8, 4) is 0 Å². The van der Waals surface area contributed by atoms with Gasteiger partial charge in [-0.05, 0) is 0 Å². The summed E-state index contributed by atoms with van der Waals surface area (Å²) in [5.41, 5.74) is 6.13. The van der Waals surface area contributed by atoms with Gasteiger partial charge in [0, 0.05) is 0 Å². The summed E-state index contributed by atoms with van der Waals surface area (Å²) in [4.78, 5) is 0. The fraction of sp³-hybridized carbons (Fsp3) is 0. The molecule has 0 aromatic carbocycles. The molecule has 0 rings (SSSR count). The van der Waals surface area contributed by atoms with E-state index in [9.17, 15) is 0 Å². The Morgan fingerprint density at radius 1 is 1.57 bits per heavy atom. The lowest BCUT2D eigenvalue weighted by molar-refractivity contribution is 0.779. The lowest BCUT2D eigenvalue weighted by atomic mass is 11.4. The quantitative estimate of drug-likeness (QED) is 0.205. The van der Waals surface area contributed by atoms with Crippen LogP contribution in [-0.4, -0.2) is 10.4 Å². The summed E-state index contributed by atoms with van der Waals surface area (Å²) >= 11 is 9.83. The average Bonchev–Trinajstić information content (AvgIpc) is 1.61. The fourth-order valence-electron chi connectivity index (χ4n) is 0.0649. The highest BCUT2D eigenvalue weighted by atomic mass is 35.5. The van der Waals surface area contributed by atoms with E-state index in [4.69, 9.17) is 29.1 Å². The van der Waals surface area contributed by atoms with Crippen LogP contribution in [0.1, 0.15) is 0 Å². The molecule has 0 fully saturated rings. The molecule has 6 heteroatoms. The molecule has 0 spiro atoms. The molecular formula is CH2Cl2N4. The molecule has 0 bridgehead atoms. The second-order valence-electron chi connectivity index (χ2n) is 0.575. The third-order valence-electron chi connectivity index (χ3n) is 0.197. The van der Waals surface area contributed by atoms with E-state index in [2.05, 4.69) is 10.2 Å². The summed E-state index contributed by atoms with van der Waals surface area (Å²) in [5, 5.41) is 5.85. The molecule has 0 aliphatic carbocycles. The maximum absolute atomic E-state index is 6.13. The normalized spacial score (nSPS) is 9.43. The highest BCUT2D eigenvalue weighted by Gasteiger charge is 1.77. The van der Waals surface area contributed by atoms with Crippen molar-refractivity contribution in [1.82, 2.24) is 4.05 Å². The predicted molar refractivity (Wildman–Crippen MR) is 27.2 cm³/mol. The minimum absolute atomic E-state index is 0.512. The molecule has 0 unspecified atom stereocenters. The van der Waals surface area contributed by atoms with Crippen LogP contribution in [0.25, 0.3) is 0 Å². The second kappa shape index (κ2) is 3.83. The Hall–Kier alpha value is -0.350. The lowest BCUT2D eigenvalue weighted by Gasteiger charge is -1.87. The van der Waals surface area contributed by atoms with E-state index in [1.54, 1.807) is 0 Å². The molecule has 0 atom stereocenters. The van der Waals surface area contributed by atoms with Crippen molar-refractivity contribution in [2.24, 2.45) is 10.2 Å².